The van der Waals surface area contributed by atoms with Crippen LogP contribution in [0.2, 0.25) is 0 Å². The van der Waals surface area contributed by atoms with E-state index in [2.05, 4.69) is 0 Å². The van der Waals surface area contributed by atoms with Crippen LogP contribution in [0.1, 0.15) is 0 Å². The maximum atomic E-state index is 11.0. The van der Waals surface area contributed by atoms with Crippen molar-refractivity contribution in [1.29, 1.82) is 0 Å². The SMILES string of the molecule is FC(F)=C(F)C(F)F.[F-]. The van der Waals surface area contributed by atoms with Gasteiger partial charge in [0.05, 0.1) is 0 Å². The molecule has 0 rings (SSSR count). The van der Waals surface area contributed by atoms with Crippen LogP contribution in [0.3, 0.4) is 0 Å². The quantitative estimate of drug-likeness (QED) is 0.436. The van der Waals surface area contributed by atoms with Crippen molar-refractivity contribution in [2.75, 3.05) is 0 Å². The average molecular weight is 151 g/mol. The van der Waals surface area contributed by atoms with Crippen LogP contribution in [0.5, 0.6) is 0 Å². The van der Waals surface area contributed by atoms with E-state index < -0.39 is 18.3 Å². The molecule has 9 heavy (non-hydrogen) atoms. The molecule has 56 valence electrons. The fourth-order valence-electron chi connectivity index (χ4n) is 0.0825. The molecule has 0 atom stereocenters. The second-order valence-corrected chi connectivity index (χ2v) is 0.909. The van der Waals surface area contributed by atoms with Crippen LogP contribution in [0.15, 0.2) is 11.9 Å². The highest BCUT2D eigenvalue weighted by molar-refractivity contribution is 4.93. The molecule has 0 heterocycles. The number of rotatable bonds is 1. The minimum Gasteiger partial charge on any atom is -1.00 e. The number of hydrogen-bond acceptors (Lipinski definition) is 0. The van der Waals surface area contributed by atoms with Gasteiger partial charge in [0.1, 0.15) is 0 Å². The Morgan fingerprint density at radius 1 is 1.00 bits per heavy atom. The van der Waals surface area contributed by atoms with Gasteiger partial charge in [0.2, 0.25) is 5.83 Å². The van der Waals surface area contributed by atoms with Crippen molar-refractivity contribution < 1.29 is 26.7 Å². The van der Waals surface area contributed by atoms with Gasteiger partial charge < -0.3 is 4.70 Å². The molecule has 0 radical (unpaired) electrons. The topological polar surface area (TPSA) is 0 Å². The van der Waals surface area contributed by atoms with Crippen LogP contribution in [-0.4, -0.2) is 6.43 Å². The number of alkyl halides is 2. The first-order chi connectivity index (χ1) is 3.55. The molecule has 0 aliphatic carbocycles. The van der Waals surface area contributed by atoms with Crippen LogP contribution in [0.4, 0.5) is 22.0 Å². The van der Waals surface area contributed by atoms with E-state index in [0.717, 1.165) is 0 Å². The smallest absolute Gasteiger partial charge is 0.307 e. The van der Waals surface area contributed by atoms with Crippen molar-refractivity contribution in [3.05, 3.63) is 11.9 Å². The minimum absolute atomic E-state index is 0. The van der Waals surface area contributed by atoms with Crippen molar-refractivity contribution in [1.82, 2.24) is 0 Å². The first-order valence-corrected chi connectivity index (χ1v) is 1.54. The van der Waals surface area contributed by atoms with Crippen molar-refractivity contribution >= 4 is 0 Å². The number of allylic oxidation sites excluding steroid dienone is 1. The van der Waals surface area contributed by atoms with Gasteiger partial charge in [-0.1, -0.05) is 0 Å². The highest BCUT2D eigenvalue weighted by atomic mass is 19.3. The van der Waals surface area contributed by atoms with E-state index in [4.69, 9.17) is 0 Å². The molecule has 0 aromatic carbocycles. The van der Waals surface area contributed by atoms with Gasteiger partial charge in [0, 0.05) is 0 Å². The lowest BCUT2D eigenvalue weighted by Gasteiger charge is -1.88. The Morgan fingerprint density at radius 3 is 1.33 bits per heavy atom. The van der Waals surface area contributed by atoms with Gasteiger partial charge in [0.25, 0.3) is 6.43 Å². The molecular weight excluding hydrogens is 150 g/mol. The van der Waals surface area contributed by atoms with E-state index >= 15 is 0 Å². The molecule has 0 aliphatic rings. The summed E-state index contributed by atoms with van der Waals surface area (Å²) >= 11 is 0. The highest BCUT2D eigenvalue weighted by Gasteiger charge is 2.16. The van der Waals surface area contributed by atoms with Crippen molar-refractivity contribution in [2.24, 2.45) is 0 Å². The van der Waals surface area contributed by atoms with Gasteiger partial charge in [0.15, 0.2) is 0 Å². The monoisotopic (exact) mass is 151 g/mol. The van der Waals surface area contributed by atoms with Crippen molar-refractivity contribution in [3.8, 4) is 0 Å². The molecule has 0 aromatic heterocycles. The van der Waals surface area contributed by atoms with Crippen molar-refractivity contribution in [2.45, 2.75) is 6.43 Å². The molecule has 0 fully saturated rings. The second-order valence-electron chi connectivity index (χ2n) is 0.909. The first kappa shape index (κ1) is 11.2. The lowest BCUT2D eigenvalue weighted by atomic mass is 10.6. The third kappa shape index (κ3) is 3.87. The van der Waals surface area contributed by atoms with E-state index in [0.29, 0.717) is 0 Å². The lowest BCUT2D eigenvalue weighted by Crippen LogP contribution is -3.00. The van der Waals surface area contributed by atoms with E-state index in [1.807, 2.05) is 0 Å². The van der Waals surface area contributed by atoms with Gasteiger partial charge in [-0.3, -0.25) is 0 Å². The van der Waals surface area contributed by atoms with Crippen LogP contribution in [0, 0.1) is 0 Å². The van der Waals surface area contributed by atoms with E-state index in [1.54, 1.807) is 0 Å². The molecule has 0 saturated heterocycles. The van der Waals surface area contributed by atoms with Crippen LogP contribution in [0.25, 0.3) is 0 Å². The largest absolute Gasteiger partial charge is 1.00 e. The van der Waals surface area contributed by atoms with E-state index in [9.17, 15) is 22.0 Å². The predicted octanol–water partition coefficient (Wildman–Crippen LogP) is -0.667. The minimum atomic E-state index is -3.69. The van der Waals surface area contributed by atoms with E-state index in [1.165, 1.54) is 0 Å². The molecule has 0 aliphatic heterocycles. The molecule has 0 amide bonds. The fourth-order valence-corrected chi connectivity index (χ4v) is 0.0825. The summed E-state index contributed by atoms with van der Waals surface area (Å²) < 4.78 is 54.0. The highest BCUT2D eigenvalue weighted by Crippen LogP contribution is 2.16. The summed E-state index contributed by atoms with van der Waals surface area (Å²) in [5, 5.41) is 0. The molecule has 0 N–H and O–H groups in total. The normalized spacial score (nSPS) is 8.67. The van der Waals surface area contributed by atoms with Gasteiger partial charge in [-0.05, 0) is 0 Å². The van der Waals surface area contributed by atoms with Gasteiger partial charge in [-0.15, -0.1) is 0 Å². The number of halogens is 6. The Morgan fingerprint density at radius 2 is 1.33 bits per heavy atom. The summed E-state index contributed by atoms with van der Waals surface area (Å²) in [5.41, 5.74) is 0. The summed E-state index contributed by atoms with van der Waals surface area (Å²) in [6.45, 7) is 0. The fraction of sp³-hybridized carbons (Fsp3) is 0.333. The summed E-state index contributed by atoms with van der Waals surface area (Å²) in [4.78, 5) is 0. The molecule has 0 unspecified atom stereocenters. The molecule has 0 aromatic rings. The Kier molecular flexibility index (Phi) is 5.24. The Hall–Kier alpha value is -0.680. The van der Waals surface area contributed by atoms with Gasteiger partial charge in [-0.2, -0.15) is 13.2 Å². The lowest BCUT2D eigenvalue weighted by molar-refractivity contribution is -0.00000690. The maximum absolute atomic E-state index is 11.0. The predicted molar refractivity (Wildman–Crippen MR) is 16.4 cm³/mol. The van der Waals surface area contributed by atoms with Crippen LogP contribution < -0.4 is 4.70 Å². The average Bonchev–Trinajstić information content (AvgIpc) is 1.64. The van der Waals surface area contributed by atoms with Crippen molar-refractivity contribution in [3.63, 3.8) is 0 Å². The molecule has 0 saturated carbocycles. The zero-order valence-corrected chi connectivity index (χ0v) is 3.85. The van der Waals surface area contributed by atoms with Gasteiger partial charge in [-0.25, -0.2) is 8.78 Å². The van der Waals surface area contributed by atoms with Crippen LogP contribution >= 0.6 is 0 Å². The maximum Gasteiger partial charge on any atom is 0.307 e. The zero-order valence-electron chi connectivity index (χ0n) is 3.85. The summed E-state index contributed by atoms with van der Waals surface area (Å²) in [6, 6.07) is 0. The Labute approximate surface area is 46.3 Å². The summed E-state index contributed by atoms with van der Waals surface area (Å²) in [6.07, 6.45) is -6.65. The first-order valence-electron chi connectivity index (χ1n) is 1.54. The standard InChI is InChI=1S/C3HF5.FH/c4-1(2(5)6)3(7)8;/h2H;1H/p-1. The summed E-state index contributed by atoms with van der Waals surface area (Å²) in [7, 11) is 0. The Balaban J connectivity index is 0. The third-order valence-corrected chi connectivity index (χ3v) is 0.372. The molecule has 0 bridgehead atoms. The van der Waals surface area contributed by atoms with Gasteiger partial charge >= 0.3 is 6.08 Å². The Bertz CT molecular complexity index is 101. The molecule has 6 heteroatoms. The number of hydrogen-bond donors (Lipinski definition) is 0. The summed E-state index contributed by atoms with van der Waals surface area (Å²) in [5.74, 6) is -2.65. The zero-order chi connectivity index (χ0) is 6.73. The second kappa shape index (κ2) is 4.22. The van der Waals surface area contributed by atoms with E-state index in [-0.39, 0.29) is 4.70 Å². The molecule has 0 nitrogen and oxygen atoms in total. The third-order valence-electron chi connectivity index (χ3n) is 0.372. The molecular formula is C3HF6-. The van der Waals surface area contributed by atoms with Crippen LogP contribution in [-0.2, 0) is 0 Å². The molecule has 0 spiro atoms.